The Labute approximate surface area is 124 Å². The van der Waals surface area contributed by atoms with Gasteiger partial charge in [0.1, 0.15) is 5.54 Å². The van der Waals surface area contributed by atoms with Crippen molar-refractivity contribution in [3.05, 3.63) is 0 Å². The molecule has 0 saturated heterocycles. The number of rotatable bonds is 7. The van der Waals surface area contributed by atoms with Crippen LogP contribution in [0.1, 0.15) is 52.9 Å². The van der Waals surface area contributed by atoms with Crippen LogP contribution >= 0.6 is 0 Å². The predicted octanol–water partition coefficient (Wildman–Crippen LogP) is 2.05. The molecule has 7 nitrogen and oxygen atoms in total. The molecule has 0 unspecified atom stereocenters. The fraction of sp³-hybridized carbons (Fsp3) is 0.786. The Hall–Kier alpha value is -1.79. The number of nitrogens with one attached hydrogen (secondary N) is 1. The van der Waals surface area contributed by atoms with E-state index in [0.717, 1.165) is 19.3 Å². The van der Waals surface area contributed by atoms with Gasteiger partial charge in [-0.2, -0.15) is 0 Å². The SMILES string of the molecule is CCC(=O)O[C@@H](C)OC(=O)N[C@@](C)(CC1CCC1)C(=O)O. The van der Waals surface area contributed by atoms with Crippen molar-refractivity contribution in [3.63, 3.8) is 0 Å². The minimum Gasteiger partial charge on any atom is -0.480 e. The predicted molar refractivity (Wildman–Crippen MR) is 73.5 cm³/mol. The summed E-state index contributed by atoms with van der Waals surface area (Å²) in [5.74, 6) is -1.29. The molecule has 2 atom stereocenters. The van der Waals surface area contributed by atoms with Gasteiger partial charge >= 0.3 is 18.0 Å². The van der Waals surface area contributed by atoms with Gasteiger partial charge in [-0.1, -0.05) is 26.2 Å². The molecule has 0 aromatic carbocycles. The molecule has 0 bridgehead atoms. The average Bonchev–Trinajstić information content (AvgIpc) is 2.33. The smallest absolute Gasteiger partial charge is 0.411 e. The van der Waals surface area contributed by atoms with Crippen LogP contribution in [0.4, 0.5) is 4.79 Å². The number of hydrogen-bond donors (Lipinski definition) is 2. The molecule has 0 radical (unpaired) electrons. The summed E-state index contributed by atoms with van der Waals surface area (Å²) in [7, 11) is 0. The van der Waals surface area contributed by atoms with Crippen LogP contribution in [0.3, 0.4) is 0 Å². The first kappa shape index (κ1) is 17.3. The fourth-order valence-electron chi connectivity index (χ4n) is 2.16. The van der Waals surface area contributed by atoms with Gasteiger partial charge in [-0.05, 0) is 19.3 Å². The summed E-state index contributed by atoms with van der Waals surface area (Å²) in [5.41, 5.74) is -1.38. The zero-order valence-electron chi connectivity index (χ0n) is 12.7. The summed E-state index contributed by atoms with van der Waals surface area (Å²) in [6, 6.07) is 0. The van der Waals surface area contributed by atoms with Crippen LogP contribution in [0.5, 0.6) is 0 Å². The monoisotopic (exact) mass is 301 g/mol. The maximum absolute atomic E-state index is 11.7. The first-order valence-corrected chi connectivity index (χ1v) is 7.18. The molecular weight excluding hydrogens is 278 g/mol. The van der Waals surface area contributed by atoms with Crippen LogP contribution in [-0.4, -0.2) is 35.0 Å². The molecule has 0 heterocycles. The summed E-state index contributed by atoms with van der Waals surface area (Å²) >= 11 is 0. The van der Waals surface area contributed by atoms with Crippen molar-refractivity contribution in [2.75, 3.05) is 0 Å². The van der Waals surface area contributed by atoms with E-state index < -0.39 is 29.9 Å². The lowest BCUT2D eigenvalue weighted by Crippen LogP contribution is -2.54. The van der Waals surface area contributed by atoms with Gasteiger partial charge in [0.2, 0.25) is 6.29 Å². The third kappa shape index (κ3) is 5.24. The Kier molecular flexibility index (Phi) is 5.99. The van der Waals surface area contributed by atoms with Crippen molar-refractivity contribution < 1.29 is 29.0 Å². The number of amides is 1. The van der Waals surface area contributed by atoms with Gasteiger partial charge in [-0.15, -0.1) is 0 Å². The zero-order valence-corrected chi connectivity index (χ0v) is 12.7. The van der Waals surface area contributed by atoms with E-state index in [4.69, 9.17) is 9.47 Å². The fourth-order valence-corrected chi connectivity index (χ4v) is 2.16. The van der Waals surface area contributed by atoms with Crippen LogP contribution in [0.2, 0.25) is 0 Å². The normalized spacial score (nSPS) is 18.8. The molecule has 21 heavy (non-hydrogen) atoms. The minimum atomic E-state index is -1.38. The highest BCUT2D eigenvalue weighted by Crippen LogP contribution is 2.33. The standard InChI is InChI=1S/C14H23NO6/c1-4-11(16)20-9(2)21-13(19)15-14(3,12(17)18)8-10-6-5-7-10/h9-10H,4-8H2,1-3H3,(H,15,19)(H,17,18)/t9-,14+/m1/s1. The lowest BCUT2D eigenvalue weighted by atomic mass is 9.76. The summed E-state index contributed by atoms with van der Waals surface area (Å²) in [6.07, 6.45) is 1.61. The van der Waals surface area contributed by atoms with Crippen LogP contribution < -0.4 is 5.32 Å². The molecule has 0 aliphatic heterocycles. The molecule has 1 aliphatic rings. The van der Waals surface area contributed by atoms with E-state index in [1.807, 2.05) is 0 Å². The summed E-state index contributed by atoms with van der Waals surface area (Å²) in [5, 5.41) is 11.7. The number of carbonyl (C=O) groups excluding carboxylic acids is 2. The molecule has 1 aliphatic carbocycles. The Morgan fingerprint density at radius 3 is 2.38 bits per heavy atom. The molecule has 1 amide bonds. The molecule has 0 aromatic rings. The van der Waals surface area contributed by atoms with Crippen molar-refractivity contribution in [2.45, 2.75) is 64.7 Å². The topological polar surface area (TPSA) is 102 Å². The summed E-state index contributed by atoms with van der Waals surface area (Å²) in [6.45, 7) is 4.48. The van der Waals surface area contributed by atoms with Gasteiger partial charge in [-0.25, -0.2) is 9.59 Å². The van der Waals surface area contributed by atoms with Gasteiger partial charge in [-0.3, -0.25) is 4.79 Å². The number of carboxylic acids is 1. The van der Waals surface area contributed by atoms with Crippen LogP contribution in [0.25, 0.3) is 0 Å². The number of hydrogen-bond acceptors (Lipinski definition) is 5. The van der Waals surface area contributed by atoms with Crippen molar-refractivity contribution in [2.24, 2.45) is 5.92 Å². The van der Waals surface area contributed by atoms with E-state index in [9.17, 15) is 19.5 Å². The highest BCUT2D eigenvalue weighted by Gasteiger charge is 2.39. The average molecular weight is 301 g/mol. The number of carbonyl (C=O) groups is 3. The maximum atomic E-state index is 11.7. The van der Waals surface area contributed by atoms with Gasteiger partial charge in [0, 0.05) is 13.3 Å². The van der Waals surface area contributed by atoms with Crippen LogP contribution in [-0.2, 0) is 19.1 Å². The van der Waals surface area contributed by atoms with E-state index in [-0.39, 0.29) is 6.42 Å². The number of aliphatic carboxylic acids is 1. The molecule has 120 valence electrons. The van der Waals surface area contributed by atoms with E-state index in [2.05, 4.69) is 5.32 Å². The third-order valence-electron chi connectivity index (χ3n) is 3.63. The lowest BCUT2D eigenvalue weighted by molar-refractivity contribution is -0.165. The number of esters is 1. The first-order valence-electron chi connectivity index (χ1n) is 7.18. The Balaban J connectivity index is 2.51. The number of ether oxygens (including phenoxy) is 2. The van der Waals surface area contributed by atoms with Crippen molar-refractivity contribution in [3.8, 4) is 0 Å². The van der Waals surface area contributed by atoms with Gasteiger partial charge < -0.3 is 19.9 Å². The largest absolute Gasteiger partial charge is 0.480 e. The minimum absolute atomic E-state index is 0.170. The van der Waals surface area contributed by atoms with Crippen molar-refractivity contribution >= 4 is 18.0 Å². The molecule has 1 saturated carbocycles. The van der Waals surface area contributed by atoms with E-state index in [1.54, 1.807) is 6.92 Å². The second kappa shape index (κ2) is 7.28. The highest BCUT2D eigenvalue weighted by molar-refractivity contribution is 5.84. The molecule has 0 aromatic heterocycles. The van der Waals surface area contributed by atoms with E-state index in [0.29, 0.717) is 12.3 Å². The maximum Gasteiger partial charge on any atom is 0.411 e. The lowest BCUT2D eigenvalue weighted by Gasteiger charge is -2.34. The molecule has 1 rings (SSSR count). The van der Waals surface area contributed by atoms with Crippen molar-refractivity contribution in [1.29, 1.82) is 0 Å². The molecule has 1 fully saturated rings. The van der Waals surface area contributed by atoms with Gasteiger partial charge in [0.15, 0.2) is 0 Å². The third-order valence-corrected chi connectivity index (χ3v) is 3.63. The van der Waals surface area contributed by atoms with Crippen LogP contribution in [0, 0.1) is 5.92 Å². The highest BCUT2D eigenvalue weighted by atomic mass is 16.7. The Morgan fingerprint density at radius 1 is 1.33 bits per heavy atom. The zero-order chi connectivity index (χ0) is 16.0. The molecule has 2 N–H and O–H groups in total. The Bertz CT molecular complexity index is 406. The number of carboxylic acid groups (broad SMARTS) is 1. The Morgan fingerprint density at radius 2 is 1.95 bits per heavy atom. The first-order chi connectivity index (χ1) is 9.76. The van der Waals surface area contributed by atoms with Gasteiger partial charge in [0.05, 0.1) is 0 Å². The molecule has 7 heteroatoms. The van der Waals surface area contributed by atoms with E-state index in [1.165, 1.54) is 13.8 Å². The second-order valence-corrected chi connectivity index (χ2v) is 5.58. The number of alkyl carbamates (subject to hydrolysis) is 1. The van der Waals surface area contributed by atoms with Crippen molar-refractivity contribution in [1.82, 2.24) is 5.32 Å². The quantitative estimate of drug-likeness (QED) is 0.551. The molecular formula is C14H23NO6. The van der Waals surface area contributed by atoms with E-state index >= 15 is 0 Å². The summed E-state index contributed by atoms with van der Waals surface area (Å²) in [4.78, 5) is 34.2. The second-order valence-electron chi connectivity index (χ2n) is 5.58. The van der Waals surface area contributed by atoms with Gasteiger partial charge in [0.25, 0.3) is 0 Å². The summed E-state index contributed by atoms with van der Waals surface area (Å²) < 4.78 is 9.63. The van der Waals surface area contributed by atoms with Crippen LogP contribution in [0.15, 0.2) is 0 Å². The molecule has 0 spiro atoms.